The molecule has 3 heteroatoms. The molecule has 2 rings (SSSR count). The predicted molar refractivity (Wildman–Crippen MR) is 66.5 cm³/mol. The van der Waals surface area contributed by atoms with Crippen LogP contribution in [0.4, 0.5) is 0 Å². The number of likely N-dealkylation sites (tertiary alicyclic amines) is 1. The number of nitrogens with zero attached hydrogens (tertiary/aromatic N) is 1. The fraction of sp³-hybridized carbons (Fsp3) is 1.00. The van der Waals surface area contributed by atoms with E-state index in [4.69, 9.17) is 0 Å². The number of aliphatic hydroxyl groups is 1. The largest absolute Gasteiger partial charge is 0.394 e. The van der Waals surface area contributed by atoms with Gasteiger partial charge in [0.2, 0.25) is 0 Å². The van der Waals surface area contributed by atoms with Gasteiger partial charge >= 0.3 is 0 Å². The van der Waals surface area contributed by atoms with Gasteiger partial charge in [0, 0.05) is 24.2 Å². The molecule has 1 unspecified atom stereocenters. The first-order chi connectivity index (χ1) is 7.65. The smallest absolute Gasteiger partial charge is 0.0613 e. The quantitative estimate of drug-likeness (QED) is 0.760. The summed E-state index contributed by atoms with van der Waals surface area (Å²) in [5.74, 6) is 0. The Balaban J connectivity index is 1.93. The third-order valence-corrected chi connectivity index (χ3v) is 4.10. The van der Waals surface area contributed by atoms with Gasteiger partial charge < -0.3 is 15.3 Å². The standard InChI is InChI=1S/C13H26N2O/c1-11(2)15-8-3-6-13(10-16,7-9-15)14-12-4-5-12/h11-12,14,16H,3-10H2,1-2H3. The molecule has 0 aromatic carbocycles. The zero-order valence-electron chi connectivity index (χ0n) is 10.7. The van der Waals surface area contributed by atoms with Crippen molar-refractivity contribution in [2.24, 2.45) is 0 Å². The summed E-state index contributed by atoms with van der Waals surface area (Å²) in [7, 11) is 0. The number of rotatable bonds is 4. The zero-order valence-corrected chi connectivity index (χ0v) is 10.7. The summed E-state index contributed by atoms with van der Waals surface area (Å²) in [5.41, 5.74) is 0.0187. The highest BCUT2D eigenvalue weighted by atomic mass is 16.3. The van der Waals surface area contributed by atoms with Crippen molar-refractivity contribution >= 4 is 0 Å². The average molecular weight is 226 g/mol. The fourth-order valence-electron chi connectivity index (χ4n) is 2.74. The van der Waals surface area contributed by atoms with Crippen molar-refractivity contribution in [2.75, 3.05) is 19.7 Å². The van der Waals surface area contributed by atoms with Crippen molar-refractivity contribution in [3.05, 3.63) is 0 Å². The van der Waals surface area contributed by atoms with Crippen LogP contribution in [0.1, 0.15) is 46.0 Å². The van der Waals surface area contributed by atoms with Crippen molar-refractivity contribution in [1.82, 2.24) is 10.2 Å². The molecule has 0 aromatic heterocycles. The Hall–Kier alpha value is -0.120. The van der Waals surface area contributed by atoms with Gasteiger partial charge in [0.25, 0.3) is 0 Å². The van der Waals surface area contributed by atoms with Crippen LogP contribution >= 0.6 is 0 Å². The maximum atomic E-state index is 9.69. The van der Waals surface area contributed by atoms with Crippen LogP contribution in [0.15, 0.2) is 0 Å². The summed E-state index contributed by atoms with van der Waals surface area (Å²) in [6, 6.07) is 1.33. The molecule has 0 bridgehead atoms. The molecule has 1 aliphatic carbocycles. The topological polar surface area (TPSA) is 35.5 Å². The van der Waals surface area contributed by atoms with Crippen LogP contribution in [0.3, 0.4) is 0 Å². The molecule has 2 fully saturated rings. The van der Waals surface area contributed by atoms with Crippen LogP contribution in [0.2, 0.25) is 0 Å². The van der Waals surface area contributed by atoms with Crippen LogP contribution in [0.5, 0.6) is 0 Å². The second kappa shape index (κ2) is 5.03. The zero-order chi connectivity index (χ0) is 11.6. The molecule has 16 heavy (non-hydrogen) atoms. The first kappa shape index (κ1) is 12.3. The van der Waals surface area contributed by atoms with Crippen molar-refractivity contribution in [2.45, 2.75) is 63.6 Å². The second-order valence-electron chi connectivity index (χ2n) is 5.84. The molecule has 1 atom stereocenters. The molecule has 2 N–H and O–H groups in total. The van der Waals surface area contributed by atoms with E-state index in [1.165, 1.54) is 25.8 Å². The molecule has 0 aromatic rings. The lowest BCUT2D eigenvalue weighted by Gasteiger charge is -2.32. The average Bonchev–Trinajstić information content (AvgIpc) is 3.06. The lowest BCUT2D eigenvalue weighted by Crippen LogP contribution is -2.50. The second-order valence-corrected chi connectivity index (χ2v) is 5.84. The highest BCUT2D eigenvalue weighted by Gasteiger charge is 2.37. The number of hydrogen-bond donors (Lipinski definition) is 2. The van der Waals surface area contributed by atoms with Gasteiger partial charge in [0.15, 0.2) is 0 Å². The van der Waals surface area contributed by atoms with Crippen LogP contribution < -0.4 is 5.32 Å². The Morgan fingerprint density at radius 3 is 2.62 bits per heavy atom. The minimum atomic E-state index is 0.0187. The van der Waals surface area contributed by atoms with Crippen molar-refractivity contribution in [3.63, 3.8) is 0 Å². The summed E-state index contributed by atoms with van der Waals surface area (Å²) < 4.78 is 0. The number of nitrogens with one attached hydrogen (secondary N) is 1. The van der Waals surface area contributed by atoms with Crippen LogP contribution in [-0.2, 0) is 0 Å². The molecule has 3 nitrogen and oxygen atoms in total. The molecule has 0 radical (unpaired) electrons. The van der Waals surface area contributed by atoms with Gasteiger partial charge in [0.1, 0.15) is 0 Å². The summed E-state index contributed by atoms with van der Waals surface area (Å²) in [5, 5.41) is 13.4. The number of aliphatic hydroxyl groups excluding tert-OH is 1. The fourth-order valence-corrected chi connectivity index (χ4v) is 2.74. The monoisotopic (exact) mass is 226 g/mol. The van der Waals surface area contributed by atoms with E-state index in [9.17, 15) is 5.11 Å². The molecule has 1 heterocycles. The minimum absolute atomic E-state index is 0.0187. The van der Waals surface area contributed by atoms with Crippen LogP contribution in [0.25, 0.3) is 0 Å². The third kappa shape index (κ3) is 2.96. The lowest BCUT2D eigenvalue weighted by atomic mass is 9.91. The molecule has 1 aliphatic heterocycles. The van der Waals surface area contributed by atoms with E-state index in [0.29, 0.717) is 18.7 Å². The molecular weight excluding hydrogens is 200 g/mol. The molecule has 0 amide bonds. The molecule has 0 spiro atoms. The SMILES string of the molecule is CC(C)N1CCCC(CO)(NC2CC2)CC1. The Kier molecular flexibility index (Phi) is 3.88. The van der Waals surface area contributed by atoms with Gasteiger partial charge in [-0.25, -0.2) is 0 Å². The van der Waals surface area contributed by atoms with Gasteiger partial charge in [-0.2, -0.15) is 0 Å². The normalized spacial score (nSPS) is 33.0. The summed E-state index contributed by atoms with van der Waals surface area (Å²) in [6.07, 6.45) is 6.03. The highest BCUT2D eigenvalue weighted by molar-refractivity contribution is 4.97. The molecule has 2 aliphatic rings. The van der Waals surface area contributed by atoms with E-state index in [2.05, 4.69) is 24.1 Å². The number of hydrogen-bond acceptors (Lipinski definition) is 3. The summed E-state index contributed by atoms with van der Waals surface area (Å²) >= 11 is 0. The van der Waals surface area contributed by atoms with E-state index in [1.54, 1.807) is 0 Å². The Labute approximate surface area is 99.2 Å². The van der Waals surface area contributed by atoms with E-state index >= 15 is 0 Å². The molecule has 94 valence electrons. The van der Waals surface area contributed by atoms with Gasteiger partial charge in [-0.1, -0.05) is 0 Å². The van der Waals surface area contributed by atoms with Crippen LogP contribution in [0, 0.1) is 0 Å². The Bertz CT molecular complexity index is 228. The highest BCUT2D eigenvalue weighted by Crippen LogP contribution is 2.29. The third-order valence-electron chi connectivity index (χ3n) is 4.10. The van der Waals surface area contributed by atoms with E-state index < -0.39 is 0 Å². The minimum Gasteiger partial charge on any atom is -0.394 e. The van der Waals surface area contributed by atoms with Crippen molar-refractivity contribution in [1.29, 1.82) is 0 Å². The predicted octanol–water partition coefficient (Wildman–Crippen LogP) is 1.36. The van der Waals surface area contributed by atoms with E-state index in [1.807, 2.05) is 0 Å². The Morgan fingerprint density at radius 1 is 1.31 bits per heavy atom. The molecule has 1 saturated heterocycles. The summed E-state index contributed by atoms with van der Waals surface area (Å²) in [6.45, 7) is 7.14. The molecule has 1 saturated carbocycles. The van der Waals surface area contributed by atoms with Gasteiger partial charge in [0.05, 0.1) is 6.61 Å². The first-order valence-corrected chi connectivity index (χ1v) is 6.78. The van der Waals surface area contributed by atoms with Crippen molar-refractivity contribution < 1.29 is 5.11 Å². The first-order valence-electron chi connectivity index (χ1n) is 6.78. The van der Waals surface area contributed by atoms with E-state index in [0.717, 1.165) is 19.4 Å². The summed E-state index contributed by atoms with van der Waals surface area (Å²) in [4.78, 5) is 2.53. The van der Waals surface area contributed by atoms with Crippen LogP contribution in [-0.4, -0.2) is 47.3 Å². The maximum absolute atomic E-state index is 9.69. The maximum Gasteiger partial charge on any atom is 0.0613 e. The Morgan fingerprint density at radius 2 is 2.06 bits per heavy atom. The van der Waals surface area contributed by atoms with E-state index in [-0.39, 0.29) is 5.54 Å². The van der Waals surface area contributed by atoms with Gasteiger partial charge in [-0.15, -0.1) is 0 Å². The van der Waals surface area contributed by atoms with Crippen molar-refractivity contribution in [3.8, 4) is 0 Å². The van der Waals surface area contributed by atoms with Gasteiger partial charge in [-0.3, -0.25) is 0 Å². The molecular formula is C13H26N2O. The lowest BCUT2D eigenvalue weighted by molar-refractivity contribution is 0.138. The van der Waals surface area contributed by atoms with Gasteiger partial charge in [-0.05, 0) is 52.5 Å².